The molecule has 1 saturated carbocycles. The van der Waals surface area contributed by atoms with Crippen molar-refractivity contribution in [2.75, 3.05) is 18.5 Å². The summed E-state index contributed by atoms with van der Waals surface area (Å²) in [4.78, 5) is 24.7. The number of amides is 1. The molecule has 1 rings (SSSR count). The fourth-order valence-electron chi connectivity index (χ4n) is 2.00. The predicted octanol–water partition coefficient (Wildman–Crippen LogP) is 2.35. The fraction of sp³-hybridized carbons (Fsp3) is 0.818. The number of halogens is 1. The molecule has 1 aliphatic rings. The highest BCUT2D eigenvalue weighted by Gasteiger charge is 2.28. The summed E-state index contributed by atoms with van der Waals surface area (Å²) in [5.41, 5.74) is 0. The quantitative estimate of drug-likeness (QED) is 0.731. The summed E-state index contributed by atoms with van der Waals surface area (Å²) in [6.45, 7) is 2.29. The zero-order valence-corrected chi connectivity index (χ0v) is 11.2. The van der Waals surface area contributed by atoms with Crippen molar-refractivity contribution in [3.63, 3.8) is 0 Å². The lowest BCUT2D eigenvalue weighted by Gasteiger charge is -2.27. The molecule has 16 heavy (non-hydrogen) atoms. The smallest absolute Gasteiger partial charge is 0.410 e. The molecule has 0 N–H and O–H groups in total. The molecule has 0 aromatic heterocycles. The minimum Gasteiger partial charge on any atom is -0.450 e. The largest absolute Gasteiger partial charge is 0.450 e. The Bertz CT molecular complexity index is 252. The first-order valence-corrected chi connectivity index (χ1v) is 6.82. The van der Waals surface area contributed by atoms with Gasteiger partial charge in [0.2, 0.25) is 0 Å². The summed E-state index contributed by atoms with van der Waals surface area (Å²) in [5, 5.41) is 0.287. The van der Waals surface area contributed by atoms with Crippen molar-refractivity contribution in [3.8, 4) is 0 Å². The van der Waals surface area contributed by atoms with Gasteiger partial charge in [-0.2, -0.15) is 0 Å². The number of hydrogen-bond donors (Lipinski definition) is 0. The number of nitrogens with zero attached hydrogens (tertiary/aromatic N) is 1. The number of ketones is 1. The molecule has 0 aromatic carbocycles. The van der Waals surface area contributed by atoms with Gasteiger partial charge >= 0.3 is 6.09 Å². The maximum absolute atomic E-state index is 11.7. The molecule has 1 aliphatic carbocycles. The number of hydrogen-bond acceptors (Lipinski definition) is 3. The molecule has 92 valence electrons. The molecular weight excluding hydrogens is 274 g/mol. The first-order chi connectivity index (χ1) is 7.69. The van der Waals surface area contributed by atoms with Crippen LogP contribution in [0.5, 0.6) is 0 Å². The third-order valence-corrected chi connectivity index (χ3v) is 3.39. The van der Waals surface area contributed by atoms with Crippen molar-refractivity contribution in [1.29, 1.82) is 0 Å². The lowest BCUT2D eigenvalue weighted by Crippen LogP contribution is -2.42. The van der Waals surface area contributed by atoms with Crippen LogP contribution in [0.4, 0.5) is 4.79 Å². The van der Waals surface area contributed by atoms with E-state index in [1.54, 1.807) is 11.8 Å². The molecule has 0 aromatic rings. The lowest BCUT2D eigenvalue weighted by molar-refractivity contribution is -0.117. The van der Waals surface area contributed by atoms with Crippen molar-refractivity contribution in [3.05, 3.63) is 0 Å². The molecule has 0 spiro atoms. The zero-order chi connectivity index (χ0) is 12.0. The third-order valence-electron chi connectivity index (χ3n) is 2.76. The Morgan fingerprint density at radius 1 is 1.38 bits per heavy atom. The van der Waals surface area contributed by atoms with E-state index in [1.807, 2.05) is 0 Å². The van der Waals surface area contributed by atoms with Crippen LogP contribution in [0.1, 0.15) is 32.6 Å². The Labute approximate surface area is 104 Å². The molecule has 1 amide bonds. The summed E-state index contributed by atoms with van der Waals surface area (Å²) in [5.74, 6) is 0.0138. The van der Waals surface area contributed by atoms with Crippen LogP contribution in [0, 0.1) is 0 Å². The van der Waals surface area contributed by atoms with E-state index >= 15 is 0 Å². The van der Waals surface area contributed by atoms with E-state index < -0.39 is 0 Å². The topological polar surface area (TPSA) is 46.6 Å². The molecule has 0 radical (unpaired) electrons. The number of carbonyl (C=O) groups excluding carboxylic acids is 2. The van der Waals surface area contributed by atoms with E-state index in [0.29, 0.717) is 6.61 Å². The van der Waals surface area contributed by atoms with Crippen molar-refractivity contribution in [1.82, 2.24) is 4.90 Å². The van der Waals surface area contributed by atoms with Gasteiger partial charge in [-0.15, -0.1) is 0 Å². The van der Waals surface area contributed by atoms with Gasteiger partial charge in [0.05, 0.1) is 18.5 Å². The minimum atomic E-state index is -0.358. The van der Waals surface area contributed by atoms with Crippen LogP contribution in [0.3, 0.4) is 0 Å². The number of rotatable bonds is 5. The fourth-order valence-corrected chi connectivity index (χ4v) is 2.17. The van der Waals surface area contributed by atoms with Gasteiger partial charge < -0.3 is 4.74 Å². The zero-order valence-electron chi connectivity index (χ0n) is 9.58. The second kappa shape index (κ2) is 6.89. The van der Waals surface area contributed by atoms with Gasteiger partial charge in [0.25, 0.3) is 0 Å². The molecule has 5 heteroatoms. The predicted molar refractivity (Wildman–Crippen MR) is 64.8 cm³/mol. The summed E-state index contributed by atoms with van der Waals surface area (Å²) >= 11 is 3.11. The highest BCUT2D eigenvalue weighted by molar-refractivity contribution is 9.09. The monoisotopic (exact) mass is 291 g/mol. The van der Waals surface area contributed by atoms with Gasteiger partial charge in [-0.3, -0.25) is 9.69 Å². The highest BCUT2D eigenvalue weighted by atomic mass is 79.9. The molecule has 0 heterocycles. The Morgan fingerprint density at radius 2 is 2.00 bits per heavy atom. The second-order valence-electron chi connectivity index (χ2n) is 3.94. The molecular formula is C11H18BrNO3. The van der Waals surface area contributed by atoms with Crippen LogP contribution in [0.25, 0.3) is 0 Å². The normalized spacial score (nSPS) is 16.1. The van der Waals surface area contributed by atoms with E-state index in [1.165, 1.54) is 0 Å². The van der Waals surface area contributed by atoms with Crippen LogP contribution < -0.4 is 0 Å². The molecule has 0 saturated heterocycles. The molecule has 1 fully saturated rings. The molecule has 0 aliphatic heterocycles. The second-order valence-corrected chi connectivity index (χ2v) is 4.50. The third kappa shape index (κ3) is 3.77. The Hall–Kier alpha value is -0.580. The van der Waals surface area contributed by atoms with Crippen LogP contribution >= 0.6 is 15.9 Å². The van der Waals surface area contributed by atoms with Gasteiger partial charge in [-0.1, -0.05) is 28.8 Å². The number of carbonyl (C=O) groups is 2. The van der Waals surface area contributed by atoms with Gasteiger partial charge in [0.1, 0.15) is 0 Å². The number of alkyl halides is 1. The lowest BCUT2D eigenvalue weighted by atomic mass is 10.2. The summed E-state index contributed by atoms with van der Waals surface area (Å²) in [6, 6.07) is 0.182. The molecule has 4 nitrogen and oxygen atoms in total. The number of Topliss-reactive ketones (excluding diaryl/α,β-unsaturated/α-hetero) is 1. The minimum absolute atomic E-state index is 0.0138. The van der Waals surface area contributed by atoms with Gasteiger partial charge in [-0.05, 0) is 19.8 Å². The Morgan fingerprint density at radius 3 is 2.50 bits per heavy atom. The van der Waals surface area contributed by atoms with Gasteiger partial charge in [-0.25, -0.2) is 4.79 Å². The van der Waals surface area contributed by atoms with Crippen molar-refractivity contribution >= 4 is 27.8 Å². The van der Waals surface area contributed by atoms with Gasteiger partial charge in [0.15, 0.2) is 5.78 Å². The highest BCUT2D eigenvalue weighted by Crippen LogP contribution is 2.24. The molecule has 0 unspecified atom stereocenters. The molecule has 0 bridgehead atoms. The summed E-state index contributed by atoms with van der Waals surface area (Å²) in [6.07, 6.45) is 3.86. The average Bonchev–Trinajstić information content (AvgIpc) is 2.78. The van der Waals surface area contributed by atoms with E-state index in [9.17, 15) is 9.59 Å². The summed E-state index contributed by atoms with van der Waals surface area (Å²) in [7, 11) is 0. The van der Waals surface area contributed by atoms with Crippen molar-refractivity contribution in [2.24, 2.45) is 0 Å². The Kier molecular flexibility index (Phi) is 5.80. The van der Waals surface area contributed by atoms with E-state index in [-0.39, 0.29) is 29.8 Å². The maximum Gasteiger partial charge on any atom is 0.410 e. The first kappa shape index (κ1) is 13.5. The van der Waals surface area contributed by atoms with E-state index in [4.69, 9.17) is 4.74 Å². The Balaban J connectivity index is 2.59. The number of ether oxygens (including phenoxy) is 1. The SMILES string of the molecule is CCOC(=O)N(CC(=O)CBr)C1CCCC1. The van der Waals surface area contributed by atoms with Crippen molar-refractivity contribution < 1.29 is 14.3 Å². The maximum atomic E-state index is 11.7. The average molecular weight is 292 g/mol. The van der Waals surface area contributed by atoms with Crippen LogP contribution in [0.15, 0.2) is 0 Å². The summed E-state index contributed by atoms with van der Waals surface area (Å²) < 4.78 is 4.98. The standard InChI is InChI=1S/C11H18BrNO3/c1-2-16-11(15)13(8-10(14)7-12)9-5-3-4-6-9/h9H,2-8H2,1H3. The van der Waals surface area contributed by atoms with Gasteiger partial charge in [0, 0.05) is 6.04 Å². The van der Waals surface area contributed by atoms with Crippen LogP contribution in [-0.2, 0) is 9.53 Å². The van der Waals surface area contributed by atoms with E-state index in [0.717, 1.165) is 25.7 Å². The van der Waals surface area contributed by atoms with Crippen LogP contribution in [0.2, 0.25) is 0 Å². The molecule has 0 atom stereocenters. The van der Waals surface area contributed by atoms with Crippen molar-refractivity contribution in [2.45, 2.75) is 38.6 Å². The van der Waals surface area contributed by atoms with E-state index in [2.05, 4.69) is 15.9 Å². The van der Waals surface area contributed by atoms with Crippen LogP contribution in [-0.4, -0.2) is 41.3 Å². The first-order valence-electron chi connectivity index (χ1n) is 5.70.